The number of piperazine rings is 1. The van der Waals surface area contributed by atoms with Gasteiger partial charge in [0.05, 0.1) is 0 Å². The van der Waals surface area contributed by atoms with Gasteiger partial charge < -0.3 is 10.2 Å². The third-order valence-electron chi connectivity index (χ3n) is 4.56. The highest BCUT2D eigenvalue weighted by Crippen LogP contribution is 2.49. The number of hydrogen-bond acceptors (Lipinski definition) is 2. The molecule has 0 bridgehead atoms. The van der Waals surface area contributed by atoms with E-state index in [-0.39, 0.29) is 5.92 Å². The lowest BCUT2D eigenvalue weighted by atomic mass is 10.0. The van der Waals surface area contributed by atoms with Gasteiger partial charge in [-0.1, -0.05) is 24.3 Å². The predicted molar refractivity (Wildman–Crippen MR) is 80.7 cm³/mol. The number of carbonyl (C=O) groups is 1. The fourth-order valence-corrected chi connectivity index (χ4v) is 3.56. The Labute approximate surface area is 121 Å². The maximum Gasteiger partial charge on any atom is 0.226 e. The Bertz CT molecular complexity index is 503. The summed E-state index contributed by atoms with van der Waals surface area (Å²) in [5, 5.41) is 3.48. The van der Waals surface area contributed by atoms with Crippen molar-refractivity contribution in [1.29, 1.82) is 0 Å². The molecule has 20 heavy (non-hydrogen) atoms. The van der Waals surface area contributed by atoms with Crippen molar-refractivity contribution < 1.29 is 4.79 Å². The van der Waals surface area contributed by atoms with Crippen molar-refractivity contribution in [3.63, 3.8) is 0 Å². The fourth-order valence-electron chi connectivity index (χ4n) is 3.56. The van der Waals surface area contributed by atoms with E-state index in [0.29, 0.717) is 23.9 Å². The van der Waals surface area contributed by atoms with E-state index in [0.717, 1.165) is 19.5 Å². The Morgan fingerprint density at radius 1 is 1.20 bits per heavy atom. The lowest BCUT2D eigenvalue weighted by Crippen LogP contribution is -2.56. The van der Waals surface area contributed by atoms with E-state index >= 15 is 0 Å². The zero-order valence-corrected chi connectivity index (χ0v) is 12.6. The van der Waals surface area contributed by atoms with Crippen LogP contribution in [0.25, 0.3) is 0 Å². The second kappa shape index (κ2) is 5.21. The van der Waals surface area contributed by atoms with Gasteiger partial charge in [0.1, 0.15) is 0 Å². The van der Waals surface area contributed by atoms with Gasteiger partial charge in [0.25, 0.3) is 0 Å². The fraction of sp³-hybridized carbons (Fsp3) is 0.588. The van der Waals surface area contributed by atoms with E-state index in [9.17, 15) is 4.79 Å². The van der Waals surface area contributed by atoms with E-state index in [1.165, 1.54) is 11.1 Å². The minimum atomic E-state index is 0.216. The molecule has 1 aromatic carbocycles. The smallest absolute Gasteiger partial charge is 0.226 e. The maximum absolute atomic E-state index is 12.6. The molecule has 1 heterocycles. The van der Waals surface area contributed by atoms with Crippen LogP contribution in [0, 0.1) is 12.8 Å². The summed E-state index contributed by atoms with van der Waals surface area (Å²) >= 11 is 0. The second-order valence-corrected chi connectivity index (χ2v) is 6.52. The molecular formula is C17H24N2O. The van der Waals surface area contributed by atoms with Crippen molar-refractivity contribution >= 4 is 5.91 Å². The molecule has 1 N–H and O–H groups in total. The monoisotopic (exact) mass is 272 g/mol. The molecule has 2 aliphatic rings. The third-order valence-corrected chi connectivity index (χ3v) is 4.56. The Morgan fingerprint density at radius 3 is 2.50 bits per heavy atom. The van der Waals surface area contributed by atoms with Crippen molar-refractivity contribution in [2.24, 2.45) is 5.92 Å². The highest BCUT2D eigenvalue weighted by atomic mass is 16.2. The van der Waals surface area contributed by atoms with Crippen LogP contribution in [0.5, 0.6) is 0 Å². The molecule has 4 atom stereocenters. The molecule has 0 unspecified atom stereocenters. The molecule has 1 saturated carbocycles. The number of rotatable bonds is 2. The highest BCUT2D eigenvalue weighted by molar-refractivity contribution is 5.83. The summed E-state index contributed by atoms with van der Waals surface area (Å²) in [5.74, 6) is 1.02. The van der Waals surface area contributed by atoms with E-state index in [2.05, 4.69) is 55.3 Å². The number of nitrogens with one attached hydrogen (secondary N) is 1. The first-order chi connectivity index (χ1) is 9.56. The third kappa shape index (κ3) is 2.59. The highest BCUT2D eigenvalue weighted by Gasteiger charge is 2.46. The minimum Gasteiger partial charge on any atom is -0.339 e. The van der Waals surface area contributed by atoms with Gasteiger partial charge in [0.2, 0.25) is 5.91 Å². The lowest BCUT2D eigenvalue weighted by molar-refractivity contribution is -0.134. The van der Waals surface area contributed by atoms with Crippen LogP contribution in [0.15, 0.2) is 24.3 Å². The van der Waals surface area contributed by atoms with Crippen LogP contribution in [0.4, 0.5) is 0 Å². The first-order valence-corrected chi connectivity index (χ1v) is 7.66. The first kappa shape index (κ1) is 13.6. The number of carbonyl (C=O) groups excluding carboxylic acids is 1. The molecule has 0 aromatic heterocycles. The van der Waals surface area contributed by atoms with Gasteiger partial charge in [-0.05, 0) is 44.2 Å². The number of aryl methyl sites for hydroxylation is 1. The van der Waals surface area contributed by atoms with Gasteiger partial charge in [0.15, 0.2) is 0 Å². The predicted octanol–water partition coefficient (Wildman–Crippen LogP) is 2.31. The molecule has 1 aliphatic carbocycles. The molecule has 3 rings (SSSR count). The first-order valence-electron chi connectivity index (χ1n) is 7.66. The summed E-state index contributed by atoms with van der Waals surface area (Å²) in [6.07, 6.45) is 1.02. The molecule has 1 amide bonds. The maximum atomic E-state index is 12.6. The van der Waals surface area contributed by atoms with Crippen molar-refractivity contribution in [1.82, 2.24) is 10.2 Å². The van der Waals surface area contributed by atoms with Crippen molar-refractivity contribution in [2.45, 2.75) is 45.2 Å². The van der Waals surface area contributed by atoms with Gasteiger partial charge in [0, 0.05) is 31.1 Å². The second-order valence-electron chi connectivity index (χ2n) is 6.52. The average molecular weight is 272 g/mol. The molecule has 0 spiro atoms. The molecule has 3 nitrogen and oxygen atoms in total. The normalized spacial score (nSPS) is 33.0. The zero-order valence-electron chi connectivity index (χ0n) is 12.6. The summed E-state index contributed by atoms with van der Waals surface area (Å²) in [5.41, 5.74) is 2.68. The van der Waals surface area contributed by atoms with E-state index in [1.54, 1.807) is 0 Å². The molecule has 3 heteroatoms. The minimum absolute atomic E-state index is 0.216. The SMILES string of the molecule is Cc1ccccc1[C@@H]1C[C@@H]1C(=O)N1C[C@@H](C)N[C@@H](C)C1. The van der Waals surface area contributed by atoms with Crippen molar-refractivity contribution in [3.05, 3.63) is 35.4 Å². The number of benzene rings is 1. The van der Waals surface area contributed by atoms with Crippen molar-refractivity contribution in [2.75, 3.05) is 13.1 Å². The van der Waals surface area contributed by atoms with Gasteiger partial charge >= 0.3 is 0 Å². The van der Waals surface area contributed by atoms with Crippen LogP contribution in [-0.4, -0.2) is 36.0 Å². The van der Waals surface area contributed by atoms with E-state index in [1.807, 2.05) is 0 Å². The molecule has 0 radical (unpaired) electrons. The summed E-state index contributed by atoms with van der Waals surface area (Å²) in [4.78, 5) is 14.7. The summed E-state index contributed by atoms with van der Waals surface area (Å²) < 4.78 is 0. The van der Waals surface area contributed by atoms with Crippen LogP contribution in [-0.2, 0) is 4.79 Å². The molecule has 1 saturated heterocycles. The van der Waals surface area contributed by atoms with Gasteiger partial charge in [-0.2, -0.15) is 0 Å². The van der Waals surface area contributed by atoms with Gasteiger partial charge in [-0.25, -0.2) is 0 Å². The topological polar surface area (TPSA) is 32.3 Å². The zero-order chi connectivity index (χ0) is 14.3. The van der Waals surface area contributed by atoms with Crippen LogP contribution in [0.1, 0.15) is 37.3 Å². The van der Waals surface area contributed by atoms with Crippen LogP contribution in [0.3, 0.4) is 0 Å². The van der Waals surface area contributed by atoms with Gasteiger partial charge in [-0.3, -0.25) is 4.79 Å². The van der Waals surface area contributed by atoms with E-state index in [4.69, 9.17) is 0 Å². The lowest BCUT2D eigenvalue weighted by Gasteiger charge is -2.36. The summed E-state index contributed by atoms with van der Waals surface area (Å²) in [6.45, 7) is 8.15. The summed E-state index contributed by atoms with van der Waals surface area (Å²) in [7, 11) is 0. The number of nitrogens with zero attached hydrogens (tertiary/aromatic N) is 1. The Kier molecular flexibility index (Phi) is 3.55. The average Bonchev–Trinajstić information content (AvgIpc) is 3.17. The standard InChI is InChI=1S/C17H24N2O/c1-11-6-4-5-7-14(11)15-8-16(15)17(20)19-9-12(2)18-13(3)10-19/h4-7,12-13,15-16,18H,8-10H2,1-3H3/t12-,13+,15-,16-/m0/s1. The van der Waals surface area contributed by atoms with Crippen molar-refractivity contribution in [3.8, 4) is 0 Å². The molecule has 108 valence electrons. The molecule has 2 fully saturated rings. The quantitative estimate of drug-likeness (QED) is 0.896. The van der Waals surface area contributed by atoms with Crippen LogP contribution in [0.2, 0.25) is 0 Å². The number of hydrogen-bond donors (Lipinski definition) is 1. The molecular weight excluding hydrogens is 248 g/mol. The molecule has 1 aliphatic heterocycles. The number of amides is 1. The Morgan fingerprint density at radius 2 is 1.85 bits per heavy atom. The Hall–Kier alpha value is -1.35. The van der Waals surface area contributed by atoms with Crippen LogP contribution < -0.4 is 5.32 Å². The van der Waals surface area contributed by atoms with Gasteiger partial charge in [-0.15, -0.1) is 0 Å². The largest absolute Gasteiger partial charge is 0.339 e. The Balaban J connectivity index is 1.67. The van der Waals surface area contributed by atoms with Crippen LogP contribution >= 0.6 is 0 Å². The molecule has 1 aromatic rings. The summed E-state index contributed by atoms with van der Waals surface area (Å²) in [6, 6.07) is 9.27. The van der Waals surface area contributed by atoms with E-state index < -0.39 is 0 Å².